The number of aliphatic hydroxyl groups excluding tert-OH is 1. The molecule has 1 aromatic carbocycles. The second-order valence-corrected chi connectivity index (χ2v) is 6.17. The summed E-state index contributed by atoms with van der Waals surface area (Å²) < 4.78 is 0. The number of anilines is 1. The molecule has 1 unspecified atom stereocenters. The highest BCUT2D eigenvalue weighted by molar-refractivity contribution is 7.99. The highest BCUT2D eigenvalue weighted by atomic mass is 35.5. The van der Waals surface area contributed by atoms with Gasteiger partial charge in [-0.25, -0.2) is 0 Å². The van der Waals surface area contributed by atoms with E-state index in [0.29, 0.717) is 12.1 Å². The highest BCUT2D eigenvalue weighted by Gasteiger charge is 2.20. The van der Waals surface area contributed by atoms with Gasteiger partial charge in [0.15, 0.2) is 0 Å². The Morgan fingerprint density at radius 1 is 1.40 bits per heavy atom. The van der Waals surface area contributed by atoms with Crippen LogP contribution >= 0.6 is 23.4 Å². The van der Waals surface area contributed by atoms with Crippen LogP contribution in [0.5, 0.6) is 0 Å². The summed E-state index contributed by atoms with van der Waals surface area (Å²) in [5, 5.41) is 12.6. The van der Waals surface area contributed by atoms with Crippen molar-refractivity contribution in [3.63, 3.8) is 0 Å². The van der Waals surface area contributed by atoms with Crippen LogP contribution in [0.15, 0.2) is 24.3 Å². The Hall–Kier alpha value is -0.910. The van der Waals surface area contributed by atoms with E-state index in [2.05, 4.69) is 5.32 Å². The van der Waals surface area contributed by atoms with Crippen LogP contribution in [0.1, 0.15) is 10.4 Å². The molecule has 0 bridgehead atoms. The normalized spacial score (nSPS) is 16.8. The maximum absolute atomic E-state index is 12.5. The number of carbonyl (C=O) groups is 1. The average molecular weight is 315 g/mol. The minimum Gasteiger partial charge on any atom is -0.390 e. The molecule has 1 atom stereocenters. The summed E-state index contributed by atoms with van der Waals surface area (Å²) in [7, 11) is 0. The summed E-state index contributed by atoms with van der Waals surface area (Å²) in [4.78, 5) is 14.4. The van der Waals surface area contributed by atoms with Crippen molar-refractivity contribution in [1.29, 1.82) is 0 Å². The number of alkyl halides is 1. The number of aliphatic hydroxyl groups is 1. The third kappa shape index (κ3) is 4.04. The van der Waals surface area contributed by atoms with E-state index in [1.54, 1.807) is 0 Å². The van der Waals surface area contributed by atoms with Crippen LogP contribution in [0, 0.1) is 0 Å². The van der Waals surface area contributed by atoms with Gasteiger partial charge in [0.1, 0.15) is 0 Å². The lowest BCUT2D eigenvalue weighted by molar-refractivity contribution is 0.0773. The van der Waals surface area contributed by atoms with Crippen molar-refractivity contribution >= 4 is 35.0 Å². The molecule has 4 nitrogen and oxygen atoms in total. The fraction of sp³-hybridized carbons (Fsp3) is 0.500. The standard InChI is InChI=1S/C14H19ClN2O2S/c15-9-11(18)10-16-13-4-2-1-3-12(13)14(19)17-5-7-20-8-6-17/h1-4,11,16,18H,5-10H2. The molecular formula is C14H19ClN2O2S. The largest absolute Gasteiger partial charge is 0.390 e. The monoisotopic (exact) mass is 314 g/mol. The molecule has 0 saturated carbocycles. The molecule has 0 aliphatic carbocycles. The van der Waals surface area contributed by atoms with Crippen molar-refractivity contribution in [2.24, 2.45) is 0 Å². The number of amides is 1. The van der Waals surface area contributed by atoms with Crippen LogP contribution < -0.4 is 5.32 Å². The number of hydrogen-bond donors (Lipinski definition) is 2. The van der Waals surface area contributed by atoms with Crippen molar-refractivity contribution in [1.82, 2.24) is 4.90 Å². The minimum atomic E-state index is -0.619. The molecule has 2 N–H and O–H groups in total. The number of para-hydroxylation sites is 1. The lowest BCUT2D eigenvalue weighted by atomic mass is 10.1. The molecule has 2 rings (SSSR count). The van der Waals surface area contributed by atoms with Crippen molar-refractivity contribution in [3.05, 3.63) is 29.8 Å². The molecule has 1 aliphatic rings. The van der Waals surface area contributed by atoms with E-state index in [4.69, 9.17) is 11.6 Å². The van der Waals surface area contributed by atoms with E-state index >= 15 is 0 Å². The van der Waals surface area contributed by atoms with E-state index in [-0.39, 0.29) is 11.8 Å². The Morgan fingerprint density at radius 3 is 2.80 bits per heavy atom. The lowest BCUT2D eigenvalue weighted by Gasteiger charge is -2.27. The van der Waals surface area contributed by atoms with Gasteiger partial charge in [-0.05, 0) is 12.1 Å². The van der Waals surface area contributed by atoms with Gasteiger partial charge in [-0.2, -0.15) is 11.8 Å². The van der Waals surface area contributed by atoms with E-state index < -0.39 is 6.10 Å². The Balaban J connectivity index is 2.08. The number of halogens is 1. The number of hydrogen-bond acceptors (Lipinski definition) is 4. The van der Waals surface area contributed by atoms with Crippen molar-refractivity contribution in [3.8, 4) is 0 Å². The minimum absolute atomic E-state index is 0.0498. The molecule has 0 spiro atoms. The van der Waals surface area contributed by atoms with Crippen molar-refractivity contribution < 1.29 is 9.90 Å². The first-order valence-electron chi connectivity index (χ1n) is 6.66. The van der Waals surface area contributed by atoms with Crippen LogP contribution in [0.4, 0.5) is 5.69 Å². The molecule has 1 aliphatic heterocycles. The number of carbonyl (C=O) groups excluding carboxylic acids is 1. The quantitative estimate of drug-likeness (QED) is 0.815. The molecule has 1 amide bonds. The van der Waals surface area contributed by atoms with Gasteiger partial charge in [0.05, 0.1) is 17.5 Å². The number of benzene rings is 1. The zero-order valence-electron chi connectivity index (χ0n) is 11.2. The van der Waals surface area contributed by atoms with Crippen LogP contribution in [-0.2, 0) is 0 Å². The molecule has 0 radical (unpaired) electrons. The maximum Gasteiger partial charge on any atom is 0.256 e. The fourth-order valence-corrected chi connectivity index (χ4v) is 3.06. The summed E-state index contributed by atoms with van der Waals surface area (Å²) >= 11 is 7.45. The average Bonchev–Trinajstić information content (AvgIpc) is 2.53. The van der Waals surface area contributed by atoms with Crippen molar-refractivity contribution in [2.75, 3.05) is 42.3 Å². The van der Waals surface area contributed by atoms with E-state index in [0.717, 1.165) is 30.3 Å². The topological polar surface area (TPSA) is 52.6 Å². The van der Waals surface area contributed by atoms with E-state index in [1.165, 1.54) is 0 Å². The molecule has 1 heterocycles. The van der Waals surface area contributed by atoms with Gasteiger partial charge in [0.2, 0.25) is 0 Å². The summed E-state index contributed by atoms with van der Waals surface area (Å²) in [5.41, 5.74) is 1.40. The smallest absolute Gasteiger partial charge is 0.256 e. The summed E-state index contributed by atoms with van der Waals surface area (Å²) in [5.74, 6) is 2.21. The van der Waals surface area contributed by atoms with E-state index in [1.807, 2.05) is 40.9 Å². The number of nitrogens with zero attached hydrogens (tertiary/aromatic N) is 1. The molecular weight excluding hydrogens is 296 g/mol. The second-order valence-electron chi connectivity index (χ2n) is 4.64. The number of thioether (sulfide) groups is 1. The molecule has 20 heavy (non-hydrogen) atoms. The van der Waals surface area contributed by atoms with Gasteiger partial charge >= 0.3 is 0 Å². The fourth-order valence-electron chi connectivity index (χ4n) is 2.04. The first kappa shape index (κ1) is 15.5. The third-order valence-corrected chi connectivity index (χ3v) is 4.46. The lowest BCUT2D eigenvalue weighted by Crippen LogP contribution is -2.38. The zero-order chi connectivity index (χ0) is 14.4. The summed E-state index contributed by atoms with van der Waals surface area (Å²) in [6.45, 7) is 1.92. The second kappa shape index (κ2) is 7.76. The Kier molecular flexibility index (Phi) is 6.01. The Bertz CT molecular complexity index is 453. The van der Waals surface area contributed by atoms with Crippen molar-refractivity contribution in [2.45, 2.75) is 6.10 Å². The highest BCUT2D eigenvalue weighted by Crippen LogP contribution is 2.19. The maximum atomic E-state index is 12.5. The van der Waals surface area contributed by atoms with Gasteiger partial charge < -0.3 is 15.3 Å². The summed E-state index contributed by atoms with van der Waals surface area (Å²) in [6.07, 6.45) is -0.619. The first-order chi connectivity index (χ1) is 9.72. The predicted octanol–water partition coefficient (Wildman–Crippen LogP) is 1.89. The first-order valence-corrected chi connectivity index (χ1v) is 8.35. The van der Waals surface area contributed by atoms with Crippen LogP contribution in [0.2, 0.25) is 0 Å². The van der Waals surface area contributed by atoms with Crippen LogP contribution in [0.25, 0.3) is 0 Å². The molecule has 110 valence electrons. The van der Waals surface area contributed by atoms with Crippen LogP contribution in [0.3, 0.4) is 0 Å². The molecule has 1 aromatic rings. The van der Waals surface area contributed by atoms with E-state index in [9.17, 15) is 9.90 Å². The molecule has 0 aromatic heterocycles. The van der Waals surface area contributed by atoms with Gasteiger partial charge in [-0.3, -0.25) is 4.79 Å². The van der Waals surface area contributed by atoms with Crippen LogP contribution in [-0.4, -0.2) is 59.0 Å². The third-order valence-electron chi connectivity index (χ3n) is 3.16. The SMILES string of the molecule is O=C(c1ccccc1NCC(O)CCl)N1CCSCC1. The summed E-state index contributed by atoms with van der Waals surface area (Å²) in [6, 6.07) is 7.40. The molecule has 1 saturated heterocycles. The molecule has 6 heteroatoms. The Labute approximate surface area is 128 Å². The van der Waals surface area contributed by atoms with Gasteiger partial charge in [0.25, 0.3) is 5.91 Å². The molecule has 1 fully saturated rings. The number of rotatable bonds is 5. The number of nitrogens with one attached hydrogen (secondary N) is 1. The van der Waals surface area contributed by atoms with Gasteiger partial charge in [0, 0.05) is 36.8 Å². The van der Waals surface area contributed by atoms with Gasteiger partial charge in [-0.1, -0.05) is 12.1 Å². The predicted molar refractivity (Wildman–Crippen MR) is 84.9 cm³/mol. The Morgan fingerprint density at radius 2 is 2.10 bits per heavy atom. The van der Waals surface area contributed by atoms with Gasteiger partial charge in [-0.15, -0.1) is 11.6 Å². The zero-order valence-corrected chi connectivity index (χ0v) is 12.8.